The highest BCUT2D eigenvalue weighted by atomic mass is 15.2. The lowest BCUT2D eigenvalue weighted by Gasteiger charge is -2.30. The topological polar surface area (TPSA) is 64.8 Å². The number of hydrogen-bond donors (Lipinski definition) is 1. The van der Waals surface area contributed by atoms with E-state index < -0.39 is 0 Å². The van der Waals surface area contributed by atoms with Gasteiger partial charge in [-0.25, -0.2) is 4.98 Å². The van der Waals surface area contributed by atoms with Gasteiger partial charge in [0.15, 0.2) is 0 Å². The molecule has 5 heteroatoms. The van der Waals surface area contributed by atoms with Gasteiger partial charge in [0, 0.05) is 29.7 Å². The third kappa shape index (κ3) is 3.22. The normalized spacial score (nSPS) is 13.0. The number of nitrogens with one attached hydrogen (secondary N) is 1. The van der Waals surface area contributed by atoms with E-state index >= 15 is 0 Å². The number of fused-ring (bicyclic) bond motifs is 1. The van der Waals surface area contributed by atoms with Gasteiger partial charge >= 0.3 is 0 Å². The van der Waals surface area contributed by atoms with E-state index in [2.05, 4.69) is 45.5 Å². The van der Waals surface area contributed by atoms with Crippen molar-refractivity contribution < 1.29 is 0 Å². The Morgan fingerprint density at radius 1 is 1.08 bits per heavy atom. The van der Waals surface area contributed by atoms with Crippen LogP contribution in [-0.2, 0) is 6.42 Å². The molecular formula is C21H19N5. The molecule has 128 valence electrons. The first-order chi connectivity index (χ1) is 12.7. The van der Waals surface area contributed by atoms with Crippen molar-refractivity contribution in [3.63, 3.8) is 0 Å². The Morgan fingerprint density at radius 3 is 2.85 bits per heavy atom. The molecule has 0 saturated carbocycles. The molecule has 2 heterocycles. The minimum atomic E-state index is 0.540. The highest BCUT2D eigenvalue weighted by Gasteiger charge is 2.19. The van der Waals surface area contributed by atoms with Crippen LogP contribution in [0.3, 0.4) is 0 Å². The number of nitriles is 1. The Bertz CT molecular complexity index is 990. The molecule has 1 N–H and O–H groups in total. The van der Waals surface area contributed by atoms with Gasteiger partial charge in [-0.2, -0.15) is 10.2 Å². The van der Waals surface area contributed by atoms with E-state index in [0.29, 0.717) is 11.5 Å². The van der Waals surface area contributed by atoms with E-state index in [-0.39, 0.29) is 0 Å². The van der Waals surface area contributed by atoms with Crippen LogP contribution in [0.2, 0.25) is 0 Å². The van der Waals surface area contributed by atoms with Gasteiger partial charge < -0.3 is 10.2 Å². The van der Waals surface area contributed by atoms with Crippen molar-refractivity contribution in [1.29, 1.82) is 5.26 Å². The van der Waals surface area contributed by atoms with Crippen LogP contribution in [0.4, 0.5) is 23.1 Å². The maximum atomic E-state index is 9.06. The van der Waals surface area contributed by atoms with Crippen LogP contribution in [0.1, 0.15) is 23.2 Å². The van der Waals surface area contributed by atoms with Gasteiger partial charge in [-0.05, 0) is 49.6 Å². The second-order valence-corrected chi connectivity index (χ2v) is 6.39. The van der Waals surface area contributed by atoms with Crippen LogP contribution < -0.4 is 10.2 Å². The molecule has 0 fully saturated rings. The number of aryl methyl sites for hydroxylation is 2. The van der Waals surface area contributed by atoms with Gasteiger partial charge in [0.05, 0.1) is 11.6 Å². The maximum absolute atomic E-state index is 9.06. The van der Waals surface area contributed by atoms with Crippen LogP contribution in [0.15, 0.2) is 54.6 Å². The fourth-order valence-electron chi connectivity index (χ4n) is 3.31. The van der Waals surface area contributed by atoms with Crippen LogP contribution in [0.5, 0.6) is 0 Å². The molecule has 5 nitrogen and oxygen atoms in total. The quantitative estimate of drug-likeness (QED) is 0.760. The van der Waals surface area contributed by atoms with Gasteiger partial charge in [0.25, 0.3) is 0 Å². The number of rotatable bonds is 3. The van der Waals surface area contributed by atoms with E-state index in [0.717, 1.165) is 36.6 Å². The highest BCUT2D eigenvalue weighted by Crippen LogP contribution is 2.33. The number of para-hydroxylation sites is 1. The van der Waals surface area contributed by atoms with Crippen molar-refractivity contribution in [3.05, 3.63) is 71.4 Å². The fraction of sp³-hybridized carbons (Fsp3) is 0.190. The second-order valence-electron chi connectivity index (χ2n) is 6.39. The number of hydrogen-bond acceptors (Lipinski definition) is 5. The molecular weight excluding hydrogens is 322 g/mol. The lowest BCUT2D eigenvalue weighted by Crippen LogP contribution is -2.25. The molecule has 3 aromatic rings. The van der Waals surface area contributed by atoms with Crippen molar-refractivity contribution in [2.45, 2.75) is 19.8 Å². The first-order valence-corrected chi connectivity index (χ1v) is 8.71. The molecule has 4 rings (SSSR count). The Balaban J connectivity index is 1.68. The Morgan fingerprint density at radius 2 is 1.96 bits per heavy atom. The summed E-state index contributed by atoms with van der Waals surface area (Å²) in [5.74, 6) is 1.43. The third-order valence-electron chi connectivity index (χ3n) is 4.48. The number of anilines is 4. The predicted octanol–water partition coefficient (Wildman–Crippen LogP) is 4.48. The molecule has 0 amide bonds. The third-order valence-corrected chi connectivity index (χ3v) is 4.48. The molecule has 0 bridgehead atoms. The molecule has 0 radical (unpaired) electrons. The number of nitrogens with zero attached hydrogens (tertiary/aromatic N) is 4. The standard InChI is InChI=1S/C21H19N5/c1-15-12-20(26-11-5-8-17-7-2-3-10-19(17)26)25-21(23-15)24-18-9-4-6-16(13-18)14-22/h2-4,6-7,9-10,12-13H,5,8,11H2,1H3,(H,23,24,25). The molecule has 0 aliphatic carbocycles. The largest absolute Gasteiger partial charge is 0.326 e. The summed E-state index contributed by atoms with van der Waals surface area (Å²) in [4.78, 5) is 11.5. The molecule has 2 aromatic carbocycles. The summed E-state index contributed by atoms with van der Waals surface area (Å²) in [6.07, 6.45) is 2.20. The molecule has 1 aromatic heterocycles. The van der Waals surface area contributed by atoms with E-state index in [1.54, 1.807) is 12.1 Å². The van der Waals surface area contributed by atoms with Gasteiger partial charge in [0.2, 0.25) is 5.95 Å². The number of benzene rings is 2. The van der Waals surface area contributed by atoms with Gasteiger partial charge in [0.1, 0.15) is 5.82 Å². The molecule has 0 saturated heterocycles. The zero-order valence-corrected chi connectivity index (χ0v) is 14.6. The first kappa shape index (κ1) is 16.1. The van der Waals surface area contributed by atoms with Crippen LogP contribution >= 0.6 is 0 Å². The SMILES string of the molecule is Cc1cc(N2CCCc3ccccc32)nc(Nc2cccc(C#N)c2)n1. The van der Waals surface area contributed by atoms with E-state index in [1.807, 2.05) is 25.1 Å². The Kier molecular flexibility index (Phi) is 4.24. The fourth-order valence-corrected chi connectivity index (χ4v) is 3.31. The van der Waals surface area contributed by atoms with Crippen molar-refractivity contribution in [2.24, 2.45) is 0 Å². The highest BCUT2D eigenvalue weighted by molar-refractivity contribution is 5.67. The van der Waals surface area contributed by atoms with Gasteiger partial charge in [-0.3, -0.25) is 0 Å². The number of aromatic nitrogens is 2. The average molecular weight is 341 g/mol. The van der Waals surface area contributed by atoms with Gasteiger partial charge in [-0.15, -0.1) is 0 Å². The van der Waals surface area contributed by atoms with Crippen LogP contribution in [0.25, 0.3) is 0 Å². The minimum absolute atomic E-state index is 0.540. The zero-order valence-electron chi connectivity index (χ0n) is 14.6. The van der Waals surface area contributed by atoms with Crippen molar-refractivity contribution in [3.8, 4) is 6.07 Å². The molecule has 0 spiro atoms. The first-order valence-electron chi connectivity index (χ1n) is 8.71. The summed E-state index contributed by atoms with van der Waals surface area (Å²) in [5, 5.41) is 12.3. The summed E-state index contributed by atoms with van der Waals surface area (Å²) in [5.41, 5.74) is 4.88. The van der Waals surface area contributed by atoms with Crippen molar-refractivity contribution in [2.75, 3.05) is 16.8 Å². The minimum Gasteiger partial charge on any atom is -0.326 e. The van der Waals surface area contributed by atoms with E-state index in [1.165, 1.54) is 11.3 Å². The molecule has 0 unspecified atom stereocenters. The molecule has 0 atom stereocenters. The second kappa shape index (κ2) is 6.85. The van der Waals surface area contributed by atoms with Gasteiger partial charge in [-0.1, -0.05) is 24.3 Å². The van der Waals surface area contributed by atoms with E-state index in [4.69, 9.17) is 10.2 Å². The lowest BCUT2D eigenvalue weighted by atomic mass is 10.0. The Labute approximate surface area is 153 Å². The summed E-state index contributed by atoms with van der Waals surface area (Å²) in [6.45, 7) is 2.91. The molecule has 1 aliphatic rings. The lowest BCUT2D eigenvalue weighted by molar-refractivity contribution is 0.758. The Hall–Kier alpha value is -3.39. The predicted molar refractivity (Wildman–Crippen MR) is 103 cm³/mol. The monoisotopic (exact) mass is 341 g/mol. The smallest absolute Gasteiger partial charge is 0.229 e. The van der Waals surface area contributed by atoms with E-state index in [9.17, 15) is 0 Å². The summed E-state index contributed by atoms with van der Waals surface area (Å²) in [7, 11) is 0. The van der Waals surface area contributed by atoms with Crippen LogP contribution in [-0.4, -0.2) is 16.5 Å². The molecule has 26 heavy (non-hydrogen) atoms. The van der Waals surface area contributed by atoms with Crippen molar-refractivity contribution >= 4 is 23.1 Å². The summed E-state index contributed by atoms with van der Waals surface area (Å²) < 4.78 is 0. The maximum Gasteiger partial charge on any atom is 0.229 e. The zero-order chi connectivity index (χ0) is 17.9. The average Bonchev–Trinajstić information content (AvgIpc) is 2.67. The van der Waals surface area contributed by atoms with Crippen LogP contribution in [0, 0.1) is 18.3 Å². The summed E-state index contributed by atoms with van der Waals surface area (Å²) >= 11 is 0. The van der Waals surface area contributed by atoms with Crippen molar-refractivity contribution in [1.82, 2.24) is 9.97 Å². The molecule has 1 aliphatic heterocycles. The summed E-state index contributed by atoms with van der Waals surface area (Å²) in [6, 6.07) is 20.0.